The number of hydrogen-bond donors (Lipinski definition) is 1. The molecule has 0 saturated carbocycles. The van der Waals surface area contributed by atoms with Crippen molar-refractivity contribution in [2.45, 2.75) is 18.6 Å². The molecule has 0 aliphatic carbocycles. The number of rotatable bonds is 6. The summed E-state index contributed by atoms with van der Waals surface area (Å²) in [5.41, 5.74) is 1.71. The first kappa shape index (κ1) is 19.1. The third kappa shape index (κ3) is 3.58. The molecule has 2 heterocycles. The van der Waals surface area contributed by atoms with Crippen molar-refractivity contribution >= 4 is 45.4 Å². The second kappa shape index (κ2) is 8.00. The Morgan fingerprint density at radius 2 is 1.97 bits per heavy atom. The number of methoxy groups -OCH3 is 1. The van der Waals surface area contributed by atoms with Gasteiger partial charge in [-0.15, -0.1) is 0 Å². The smallest absolute Gasteiger partial charge is 0.297 e. The summed E-state index contributed by atoms with van der Waals surface area (Å²) in [5.74, 6) is 0.473. The maximum atomic E-state index is 12.9. The van der Waals surface area contributed by atoms with E-state index in [0.717, 1.165) is 5.39 Å². The van der Waals surface area contributed by atoms with Crippen molar-refractivity contribution in [3.63, 3.8) is 0 Å². The molecule has 2 aromatic heterocycles. The van der Waals surface area contributed by atoms with E-state index in [4.69, 9.17) is 9.15 Å². The van der Waals surface area contributed by atoms with Gasteiger partial charge in [-0.2, -0.15) is 0 Å². The normalized spacial score (nSPS) is 11.1. The van der Waals surface area contributed by atoms with E-state index in [-0.39, 0.29) is 22.8 Å². The number of hydrogen-bond acceptors (Lipinski definition) is 6. The van der Waals surface area contributed by atoms with Crippen LogP contribution >= 0.6 is 11.8 Å². The minimum Gasteiger partial charge on any atom is -0.495 e. The number of nitrogens with zero attached hydrogens (tertiary/aromatic N) is 2. The first-order valence-corrected chi connectivity index (χ1v) is 10.1. The van der Waals surface area contributed by atoms with E-state index < -0.39 is 0 Å². The molecule has 0 atom stereocenters. The maximum absolute atomic E-state index is 12.9. The number of nitrogens with one attached hydrogen (secondary N) is 1. The number of amides is 1. The van der Waals surface area contributed by atoms with E-state index in [1.165, 1.54) is 16.3 Å². The molecule has 2 aromatic carbocycles. The molecule has 0 fully saturated rings. The average molecular weight is 409 g/mol. The molecule has 148 valence electrons. The summed E-state index contributed by atoms with van der Waals surface area (Å²) in [6, 6.07) is 14.6. The average Bonchev–Trinajstić information content (AvgIpc) is 3.12. The number of fused-ring (bicyclic) bond motifs is 3. The SMILES string of the molecule is CCn1c(SCC(=O)Nc2ccccc2OC)nc2c(oc3ccccc32)c1=O. The highest BCUT2D eigenvalue weighted by atomic mass is 32.2. The fraction of sp³-hybridized carbons (Fsp3) is 0.190. The summed E-state index contributed by atoms with van der Waals surface area (Å²) < 4.78 is 12.5. The van der Waals surface area contributed by atoms with Crippen LogP contribution in [0.2, 0.25) is 0 Å². The standard InChI is InChI=1S/C21H19N3O4S/c1-3-24-20(26)19-18(13-8-4-6-10-15(13)28-19)23-21(24)29-12-17(25)22-14-9-5-7-11-16(14)27-2/h4-11H,3,12H2,1-2H3,(H,22,25). The molecular weight excluding hydrogens is 390 g/mol. The monoisotopic (exact) mass is 409 g/mol. The van der Waals surface area contributed by atoms with Gasteiger partial charge in [0.1, 0.15) is 16.8 Å². The highest BCUT2D eigenvalue weighted by Gasteiger charge is 2.18. The lowest BCUT2D eigenvalue weighted by atomic mass is 10.2. The third-order valence-corrected chi connectivity index (χ3v) is 5.45. The number of carbonyl (C=O) groups excluding carboxylic acids is 1. The van der Waals surface area contributed by atoms with E-state index in [1.807, 2.05) is 37.3 Å². The van der Waals surface area contributed by atoms with Gasteiger partial charge >= 0.3 is 0 Å². The molecule has 4 rings (SSSR count). The number of thioether (sulfide) groups is 1. The van der Waals surface area contributed by atoms with E-state index in [0.29, 0.717) is 34.2 Å². The molecule has 0 aliphatic heterocycles. The van der Waals surface area contributed by atoms with Crippen LogP contribution < -0.4 is 15.6 Å². The summed E-state index contributed by atoms with van der Waals surface area (Å²) in [7, 11) is 1.55. The van der Waals surface area contributed by atoms with Gasteiger partial charge in [0, 0.05) is 11.9 Å². The fourth-order valence-electron chi connectivity index (χ4n) is 3.11. The number of benzene rings is 2. The molecule has 0 radical (unpaired) electrons. The van der Waals surface area contributed by atoms with Gasteiger partial charge in [-0.05, 0) is 31.2 Å². The highest BCUT2D eigenvalue weighted by molar-refractivity contribution is 7.99. The van der Waals surface area contributed by atoms with Gasteiger partial charge in [0.2, 0.25) is 11.5 Å². The summed E-state index contributed by atoms with van der Waals surface area (Å²) in [5, 5.41) is 4.09. The van der Waals surface area contributed by atoms with Gasteiger partial charge in [-0.1, -0.05) is 36.0 Å². The molecule has 1 amide bonds. The maximum Gasteiger partial charge on any atom is 0.297 e. The van der Waals surface area contributed by atoms with Crippen molar-refractivity contribution in [2.75, 3.05) is 18.2 Å². The Morgan fingerprint density at radius 3 is 2.76 bits per heavy atom. The fourth-order valence-corrected chi connectivity index (χ4v) is 3.96. The van der Waals surface area contributed by atoms with Gasteiger partial charge in [-0.3, -0.25) is 14.2 Å². The molecule has 1 N–H and O–H groups in total. The van der Waals surface area contributed by atoms with Crippen molar-refractivity contribution < 1.29 is 13.9 Å². The molecule has 0 aliphatic rings. The Balaban J connectivity index is 1.62. The Labute approximate surface area is 170 Å². The molecule has 29 heavy (non-hydrogen) atoms. The Bertz CT molecular complexity index is 1260. The van der Waals surface area contributed by atoms with Crippen LogP contribution in [0, 0.1) is 0 Å². The number of para-hydroxylation sites is 3. The quantitative estimate of drug-likeness (QED) is 0.384. The summed E-state index contributed by atoms with van der Waals surface area (Å²) >= 11 is 1.21. The summed E-state index contributed by atoms with van der Waals surface area (Å²) in [4.78, 5) is 29.9. The number of anilines is 1. The Hall–Kier alpha value is -3.26. The topological polar surface area (TPSA) is 86.4 Å². The van der Waals surface area contributed by atoms with Crippen molar-refractivity contribution in [2.24, 2.45) is 0 Å². The van der Waals surface area contributed by atoms with Gasteiger partial charge in [-0.25, -0.2) is 4.98 Å². The molecule has 0 saturated heterocycles. The minimum atomic E-state index is -0.249. The summed E-state index contributed by atoms with van der Waals surface area (Å²) in [6.45, 7) is 2.28. The van der Waals surface area contributed by atoms with Crippen LogP contribution in [0.1, 0.15) is 6.92 Å². The first-order chi connectivity index (χ1) is 14.1. The van der Waals surface area contributed by atoms with Crippen LogP contribution in [-0.2, 0) is 11.3 Å². The highest BCUT2D eigenvalue weighted by Crippen LogP contribution is 2.28. The van der Waals surface area contributed by atoms with Crippen LogP contribution in [0.25, 0.3) is 22.1 Å². The van der Waals surface area contributed by atoms with Crippen molar-refractivity contribution in [1.82, 2.24) is 9.55 Å². The number of aromatic nitrogens is 2. The van der Waals surface area contributed by atoms with Crippen LogP contribution in [0.5, 0.6) is 5.75 Å². The molecule has 4 aromatic rings. The first-order valence-electron chi connectivity index (χ1n) is 9.10. The zero-order chi connectivity index (χ0) is 20.4. The molecule has 0 bridgehead atoms. The zero-order valence-electron chi connectivity index (χ0n) is 16.0. The summed E-state index contributed by atoms with van der Waals surface area (Å²) in [6.07, 6.45) is 0. The van der Waals surface area contributed by atoms with Gasteiger partial charge in [0.05, 0.1) is 18.6 Å². The third-order valence-electron chi connectivity index (χ3n) is 4.48. The van der Waals surface area contributed by atoms with Crippen molar-refractivity contribution in [3.8, 4) is 5.75 Å². The lowest BCUT2D eigenvalue weighted by Gasteiger charge is -2.11. The molecule has 7 nitrogen and oxygen atoms in total. The molecule has 8 heteroatoms. The number of carbonyl (C=O) groups is 1. The van der Waals surface area contributed by atoms with Gasteiger partial charge in [0.25, 0.3) is 5.56 Å². The van der Waals surface area contributed by atoms with E-state index in [9.17, 15) is 9.59 Å². The molecule has 0 unspecified atom stereocenters. The Morgan fingerprint density at radius 1 is 1.21 bits per heavy atom. The largest absolute Gasteiger partial charge is 0.495 e. The van der Waals surface area contributed by atoms with Crippen LogP contribution in [0.3, 0.4) is 0 Å². The molecule has 0 spiro atoms. The van der Waals surface area contributed by atoms with Gasteiger partial charge < -0.3 is 14.5 Å². The van der Waals surface area contributed by atoms with E-state index in [1.54, 1.807) is 25.3 Å². The Kier molecular flexibility index (Phi) is 5.26. The second-order valence-corrected chi connectivity index (χ2v) is 7.20. The predicted molar refractivity (Wildman–Crippen MR) is 114 cm³/mol. The van der Waals surface area contributed by atoms with Crippen molar-refractivity contribution in [1.29, 1.82) is 0 Å². The number of furan rings is 1. The van der Waals surface area contributed by atoms with Crippen molar-refractivity contribution in [3.05, 3.63) is 58.9 Å². The lowest BCUT2D eigenvalue weighted by molar-refractivity contribution is -0.113. The lowest BCUT2D eigenvalue weighted by Crippen LogP contribution is -2.23. The zero-order valence-corrected chi connectivity index (χ0v) is 16.8. The van der Waals surface area contributed by atoms with Crippen LogP contribution in [-0.4, -0.2) is 28.3 Å². The minimum absolute atomic E-state index is 0.103. The molecular formula is C21H19N3O4S. The van der Waals surface area contributed by atoms with Gasteiger partial charge in [0.15, 0.2) is 5.16 Å². The van der Waals surface area contributed by atoms with E-state index >= 15 is 0 Å². The van der Waals surface area contributed by atoms with E-state index in [2.05, 4.69) is 10.3 Å². The second-order valence-electron chi connectivity index (χ2n) is 6.26. The van der Waals surface area contributed by atoms with Crippen LogP contribution in [0.4, 0.5) is 5.69 Å². The van der Waals surface area contributed by atoms with Crippen LogP contribution in [0.15, 0.2) is 62.9 Å². The predicted octanol–water partition coefficient (Wildman–Crippen LogP) is 3.90. The number of ether oxygens (including phenoxy) is 1.